The summed E-state index contributed by atoms with van der Waals surface area (Å²) in [5.41, 5.74) is 2.15. The van der Waals surface area contributed by atoms with E-state index in [2.05, 4.69) is 0 Å². The summed E-state index contributed by atoms with van der Waals surface area (Å²) in [6.45, 7) is 10.5. The van der Waals surface area contributed by atoms with Crippen molar-refractivity contribution >= 4 is 12.1 Å². The predicted octanol–water partition coefficient (Wildman–Crippen LogP) is 6.79. The fourth-order valence-corrected chi connectivity index (χ4v) is 4.62. The van der Waals surface area contributed by atoms with E-state index in [9.17, 15) is 9.59 Å². The minimum atomic E-state index is -0.583. The second-order valence-corrected chi connectivity index (χ2v) is 10.5. The van der Waals surface area contributed by atoms with Crippen molar-refractivity contribution in [1.82, 2.24) is 14.7 Å². The van der Waals surface area contributed by atoms with E-state index < -0.39 is 11.6 Å². The number of benzene rings is 2. The zero-order valence-corrected chi connectivity index (χ0v) is 22.9. The zero-order chi connectivity index (χ0) is 27.3. The number of hydrogen-bond acceptors (Lipinski definition) is 6. The summed E-state index contributed by atoms with van der Waals surface area (Å²) in [6, 6.07) is 17.1. The number of esters is 1. The Hall–Kier alpha value is -3.81. The Kier molecular flexibility index (Phi) is 8.39. The number of aromatic nitrogens is 2. The van der Waals surface area contributed by atoms with Crippen LogP contribution in [-0.4, -0.2) is 52.0 Å². The second kappa shape index (κ2) is 11.7. The van der Waals surface area contributed by atoms with Crippen molar-refractivity contribution in [1.29, 1.82) is 0 Å². The van der Waals surface area contributed by atoms with Gasteiger partial charge in [0.15, 0.2) is 0 Å². The first-order valence-electron chi connectivity index (χ1n) is 13.2. The number of amides is 1. The molecule has 1 atom stereocenters. The van der Waals surface area contributed by atoms with Gasteiger partial charge >= 0.3 is 12.1 Å². The molecule has 1 fully saturated rings. The first-order chi connectivity index (χ1) is 18.2. The van der Waals surface area contributed by atoms with Crippen LogP contribution in [0.5, 0.6) is 11.5 Å². The summed E-state index contributed by atoms with van der Waals surface area (Å²) >= 11 is 0. The third kappa shape index (κ3) is 6.54. The van der Waals surface area contributed by atoms with Crippen LogP contribution in [0.4, 0.5) is 4.79 Å². The summed E-state index contributed by atoms with van der Waals surface area (Å²) in [4.78, 5) is 27.7. The van der Waals surface area contributed by atoms with Crippen LogP contribution in [0.3, 0.4) is 0 Å². The van der Waals surface area contributed by atoms with Crippen LogP contribution in [0.2, 0.25) is 0 Å². The molecule has 1 aliphatic heterocycles. The first kappa shape index (κ1) is 27.2. The van der Waals surface area contributed by atoms with Gasteiger partial charge in [0.05, 0.1) is 18.3 Å². The number of carbonyl (C=O) groups is 2. The lowest BCUT2D eigenvalue weighted by molar-refractivity contribution is 0.0234. The molecular weight excluding hydrogens is 482 g/mol. The third-order valence-corrected chi connectivity index (χ3v) is 6.37. The minimum Gasteiger partial charge on any atom is -0.461 e. The normalized spacial score (nSPS) is 16.0. The highest BCUT2D eigenvalue weighted by Crippen LogP contribution is 2.32. The van der Waals surface area contributed by atoms with Crippen LogP contribution in [-0.2, 0) is 9.47 Å². The summed E-state index contributed by atoms with van der Waals surface area (Å²) in [6.07, 6.45) is 2.21. The van der Waals surface area contributed by atoms with E-state index in [1.165, 1.54) is 0 Å². The lowest BCUT2D eigenvalue weighted by atomic mass is 10.1. The maximum atomic E-state index is 13.1. The molecule has 0 N–H and O–H groups in total. The molecule has 8 nitrogen and oxygen atoms in total. The predicted molar refractivity (Wildman–Crippen MR) is 146 cm³/mol. The lowest BCUT2D eigenvalue weighted by Gasteiger charge is -2.28. The maximum absolute atomic E-state index is 13.1. The van der Waals surface area contributed by atoms with Gasteiger partial charge in [-0.1, -0.05) is 18.2 Å². The molecule has 8 heteroatoms. The summed E-state index contributed by atoms with van der Waals surface area (Å²) in [5, 5.41) is 4.93. The number of likely N-dealkylation sites (tertiary alicyclic amines) is 1. The molecule has 1 saturated heterocycles. The Morgan fingerprint density at radius 2 is 1.68 bits per heavy atom. The van der Waals surface area contributed by atoms with Crippen molar-refractivity contribution < 1.29 is 23.8 Å². The molecule has 4 rings (SSSR count). The molecule has 1 aromatic heterocycles. The van der Waals surface area contributed by atoms with Gasteiger partial charge in [-0.2, -0.15) is 5.10 Å². The average molecular weight is 520 g/mol. The number of para-hydroxylation sites is 1. The molecule has 0 aliphatic carbocycles. The van der Waals surface area contributed by atoms with Crippen LogP contribution in [0.1, 0.15) is 69.1 Å². The molecule has 1 unspecified atom stereocenters. The molecular formula is C30H37N3O5. The molecule has 3 aromatic rings. The molecule has 0 radical (unpaired) electrons. The Balaban J connectivity index is 1.65. The monoisotopic (exact) mass is 519 g/mol. The maximum Gasteiger partial charge on any atom is 0.410 e. The third-order valence-electron chi connectivity index (χ3n) is 6.37. The molecule has 0 bridgehead atoms. The number of rotatable bonds is 6. The van der Waals surface area contributed by atoms with Gasteiger partial charge < -0.3 is 19.1 Å². The van der Waals surface area contributed by atoms with Gasteiger partial charge in [-0.3, -0.25) is 4.68 Å². The van der Waals surface area contributed by atoms with Gasteiger partial charge in [-0.05, 0) is 90.3 Å². The average Bonchev–Trinajstić information content (AvgIpc) is 3.04. The quantitative estimate of drug-likeness (QED) is 0.334. The minimum absolute atomic E-state index is 0.183. The van der Waals surface area contributed by atoms with Gasteiger partial charge in [0, 0.05) is 24.2 Å². The number of carbonyl (C=O) groups excluding carboxylic acids is 2. The van der Waals surface area contributed by atoms with Crippen LogP contribution in [0, 0.1) is 6.92 Å². The van der Waals surface area contributed by atoms with Gasteiger partial charge in [-0.25, -0.2) is 9.59 Å². The van der Waals surface area contributed by atoms with Gasteiger partial charge in [-0.15, -0.1) is 0 Å². The van der Waals surface area contributed by atoms with Gasteiger partial charge in [0.2, 0.25) is 0 Å². The van der Waals surface area contributed by atoms with Crippen LogP contribution in [0.25, 0.3) is 11.3 Å². The van der Waals surface area contributed by atoms with E-state index in [-0.39, 0.29) is 18.7 Å². The van der Waals surface area contributed by atoms with Gasteiger partial charge in [0.25, 0.3) is 0 Å². The van der Waals surface area contributed by atoms with Crippen molar-refractivity contribution in [2.45, 2.75) is 65.5 Å². The summed E-state index contributed by atoms with van der Waals surface area (Å²) in [7, 11) is 0. The summed E-state index contributed by atoms with van der Waals surface area (Å²) < 4.78 is 18.8. The van der Waals surface area contributed by atoms with Gasteiger partial charge in [0.1, 0.15) is 22.8 Å². The highest BCUT2D eigenvalue weighted by atomic mass is 16.6. The van der Waals surface area contributed by atoms with Crippen molar-refractivity contribution in [2.24, 2.45) is 0 Å². The Bertz CT molecular complexity index is 1250. The molecule has 1 amide bonds. The Labute approximate surface area is 224 Å². The van der Waals surface area contributed by atoms with E-state index in [0.29, 0.717) is 30.2 Å². The van der Waals surface area contributed by atoms with Crippen molar-refractivity contribution in [2.75, 3.05) is 19.7 Å². The van der Waals surface area contributed by atoms with E-state index in [1.807, 2.05) is 82.3 Å². The molecule has 202 valence electrons. The van der Waals surface area contributed by atoms with Crippen molar-refractivity contribution in [3.05, 3.63) is 65.9 Å². The second-order valence-electron chi connectivity index (χ2n) is 10.5. The van der Waals surface area contributed by atoms with Crippen molar-refractivity contribution in [3.8, 4) is 22.8 Å². The summed E-state index contributed by atoms with van der Waals surface area (Å²) in [5.74, 6) is 1.05. The largest absolute Gasteiger partial charge is 0.461 e. The molecule has 2 heterocycles. The Morgan fingerprint density at radius 3 is 2.34 bits per heavy atom. The molecule has 38 heavy (non-hydrogen) atoms. The van der Waals surface area contributed by atoms with E-state index in [0.717, 1.165) is 36.1 Å². The highest BCUT2D eigenvalue weighted by Gasteiger charge is 2.32. The molecule has 0 saturated carbocycles. The zero-order valence-electron chi connectivity index (χ0n) is 22.9. The van der Waals surface area contributed by atoms with Crippen LogP contribution >= 0.6 is 0 Å². The molecule has 0 spiro atoms. The molecule has 1 aliphatic rings. The number of nitrogens with zero attached hydrogens (tertiary/aromatic N) is 3. The fourth-order valence-electron chi connectivity index (χ4n) is 4.62. The number of ether oxygens (including phenoxy) is 3. The standard InChI is InChI=1S/C30H37N3O5/c1-6-36-28(34)27-21(2)26(22-15-17-25(18-16-22)37-24-13-8-7-9-14-24)31-33(27)23-12-10-11-19-32(20-23)29(35)38-30(3,4)5/h7-9,13-18,23H,6,10-12,19-20H2,1-5H3. The first-order valence-corrected chi connectivity index (χ1v) is 13.2. The lowest BCUT2D eigenvalue weighted by Crippen LogP contribution is -2.40. The smallest absolute Gasteiger partial charge is 0.410 e. The topological polar surface area (TPSA) is 82.9 Å². The van der Waals surface area contributed by atoms with Crippen LogP contribution < -0.4 is 4.74 Å². The van der Waals surface area contributed by atoms with Crippen LogP contribution in [0.15, 0.2) is 54.6 Å². The van der Waals surface area contributed by atoms with E-state index in [4.69, 9.17) is 19.3 Å². The van der Waals surface area contributed by atoms with E-state index in [1.54, 1.807) is 16.5 Å². The highest BCUT2D eigenvalue weighted by molar-refractivity contribution is 5.91. The van der Waals surface area contributed by atoms with E-state index >= 15 is 0 Å². The fraction of sp³-hybridized carbons (Fsp3) is 0.433. The van der Waals surface area contributed by atoms with Crippen molar-refractivity contribution in [3.63, 3.8) is 0 Å². The number of hydrogen-bond donors (Lipinski definition) is 0. The Morgan fingerprint density at radius 1 is 1.00 bits per heavy atom. The SMILES string of the molecule is CCOC(=O)c1c(C)c(-c2ccc(Oc3ccccc3)cc2)nn1C1CCCCN(C(=O)OC(C)(C)C)C1. The molecule has 2 aromatic carbocycles.